The first kappa shape index (κ1) is 22.4. The minimum absolute atomic E-state index is 0. The van der Waals surface area contributed by atoms with Crippen LogP contribution < -0.4 is 10.6 Å². The molecule has 0 aliphatic carbocycles. The van der Waals surface area contributed by atoms with Crippen LogP contribution in [0.4, 0.5) is 0 Å². The maximum absolute atomic E-state index is 4.86. The first-order chi connectivity index (χ1) is 11.1. The van der Waals surface area contributed by atoms with Crippen LogP contribution in [0.25, 0.3) is 0 Å². The molecular weight excluding hydrogens is 431 g/mol. The SMILES string of the molecule is CCCN1CCC(CNC(=NCC2(C)CCCS2)NCC)CC1.I. The number of aliphatic imine (C=N–C) groups is 1. The maximum Gasteiger partial charge on any atom is 0.191 e. The van der Waals surface area contributed by atoms with Gasteiger partial charge in [-0.15, -0.1) is 24.0 Å². The zero-order chi connectivity index (χ0) is 16.5. The number of piperidine rings is 1. The van der Waals surface area contributed by atoms with Gasteiger partial charge in [0.1, 0.15) is 0 Å². The number of halogens is 1. The largest absolute Gasteiger partial charge is 0.357 e. The molecule has 0 aromatic carbocycles. The molecule has 0 amide bonds. The van der Waals surface area contributed by atoms with Crippen molar-refractivity contribution >= 4 is 41.7 Å². The molecule has 2 rings (SSSR count). The van der Waals surface area contributed by atoms with Gasteiger partial charge in [0, 0.05) is 17.8 Å². The van der Waals surface area contributed by atoms with Crippen molar-refractivity contribution in [2.24, 2.45) is 10.9 Å². The van der Waals surface area contributed by atoms with Crippen LogP contribution in [0, 0.1) is 5.92 Å². The van der Waals surface area contributed by atoms with Gasteiger partial charge < -0.3 is 15.5 Å². The molecule has 24 heavy (non-hydrogen) atoms. The Balaban J connectivity index is 0.00000288. The van der Waals surface area contributed by atoms with Gasteiger partial charge in [0.2, 0.25) is 0 Å². The van der Waals surface area contributed by atoms with Gasteiger partial charge in [-0.1, -0.05) is 6.92 Å². The summed E-state index contributed by atoms with van der Waals surface area (Å²) in [7, 11) is 0. The molecule has 142 valence electrons. The van der Waals surface area contributed by atoms with Gasteiger partial charge in [0.15, 0.2) is 5.96 Å². The third-order valence-corrected chi connectivity index (χ3v) is 6.54. The van der Waals surface area contributed by atoms with E-state index >= 15 is 0 Å². The molecule has 4 nitrogen and oxygen atoms in total. The Morgan fingerprint density at radius 1 is 1.25 bits per heavy atom. The lowest BCUT2D eigenvalue weighted by Gasteiger charge is -2.32. The van der Waals surface area contributed by atoms with Crippen LogP contribution in [-0.2, 0) is 0 Å². The molecule has 0 saturated carbocycles. The smallest absolute Gasteiger partial charge is 0.191 e. The quantitative estimate of drug-likeness (QED) is 0.341. The molecule has 0 spiro atoms. The van der Waals surface area contributed by atoms with E-state index in [2.05, 4.69) is 48.1 Å². The molecule has 1 atom stereocenters. The van der Waals surface area contributed by atoms with Crippen molar-refractivity contribution in [3.05, 3.63) is 0 Å². The monoisotopic (exact) mass is 468 g/mol. The van der Waals surface area contributed by atoms with Gasteiger partial charge >= 0.3 is 0 Å². The molecule has 2 aliphatic heterocycles. The number of rotatable bonds is 7. The summed E-state index contributed by atoms with van der Waals surface area (Å²) >= 11 is 2.09. The number of likely N-dealkylation sites (tertiary alicyclic amines) is 1. The number of hydrogen-bond donors (Lipinski definition) is 2. The van der Waals surface area contributed by atoms with Crippen LogP contribution in [0.15, 0.2) is 4.99 Å². The van der Waals surface area contributed by atoms with E-state index in [0.717, 1.165) is 31.5 Å². The third-order valence-electron chi connectivity index (χ3n) is 5.02. The number of nitrogens with one attached hydrogen (secondary N) is 2. The minimum Gasteiger partial charge on any atom is -0.357 e. The molecule has 1 unspecified atom stereocenters. The van der Waals surface area contributed by atoms with Crippen LogP contribution in [0.5, 0.6) is 0 Å². The van der Waals surface area contributed by atoms with Gasteiger partial charge in [-0.05, 0) is 77.3 Å². The molecule has 0 bridgehead atoms. The van der Waals surface area contributed by atoms with Crippen molar-refractivity contribution in [1.82, 2.24) is 15.5 Å². The molecule has 2 heterocycles. The first-order valence-electron chi connectivity index (χ1n) is 9.53. The second-order valence-electron chi connectivity index (χ2n) is 7.26. The molecule has 0 aromatic heterocycles. The van der Waals surface area contributed by atoms with E-state index in [4.69, 9.17) is 4.99 Å². The summed E-state index contributed by atoms with van der Waals surface area (Å²) in [6.45, 7) is 13.5. The molecule has 0 aromatic rings. The Hall–Kier alpha value is 0.310. The fourth-order valence-corrected chi connectivity index (χ4v) is 4.75. The molecule has 2 N–H and O–H groups in total. The highest BCUT2D eigenvalue weighted by molar-refractivity contribution is 14.0. The Bertz CT molecular complexity index is 364. The summed E-state index contributed by atoms with van der Waals surface area (Å²) < 4.78 is 0.355. The van der Waals surface area contributed by atoms with Crippen LogP contribution in [-0.4, -0.2) is 60.6 Å². The van der Waals surface area contributed by atoms with Gasteiger partial charge in [-0.2, -0.15) is 11.8 Å². The van der Waals surface area contributed by atoms with Crippen molar-refractivity contribution in [3.63, 3.8) is 0 Å². The summed E-state index contributed by atoms with van der Waals surface area (Å²) in [4.78, 5) is 7.46. The predicted octanol–water partition coefficient (Wildman–Crippen LogP) is 3.57. The van der Waals surface area contributed by atoms with Crippen molar-refractivity contribution in [1.29, 1.82) is 0 Å². The van der Waals surface area contributed by atoms with E-state index in [-0.39, 0.29) is 24.0 Å². The fraction of sp³-hybridized carbons (Fsp3) is 0.944. The van der Waals surface area contributed by atoms with Crippen LogP contribution in [0.2, 0.25) is 0 Å². The van der Waals surface area contributed by atoms with Crippen molar-refractivity contribution in [2.45, 2.75) is 57.6 Å². The van der Waals surface area contributed by atoms with Crippen LogP contribution in [0.1, 0.15) is 52.9 Å². The molecule has 2 saturated heterocycles. The first-order valence-corrected chi connectivity index (χ1v) is 10.5. The average Bonchev–Trinajstić information content (AvgIpc) is 2.99. The van der Waals surface area contributed by atoms with Gasteiger partial charge in [0.25, 0.3) is 0 Å². The lowest BCUT2D eigenvalue weighted by molar-refractivity contribution is 0.185. The molecular formula is C18H37IN4S. The number of thioether (sulfide) groups is 1. The summed E-state index contributed by atoms with van der Waals surface area (Å²) in [5, 5.41) is 7.00. The normalized spacial score (nSPS) is 26.2. The van der Waals surface area contributed by atoms with Gasteiger partial charge in [0.05, 0.1) is 6.54 Å². The van der Waals surface area contributed by atoms with E-state index in [1.54, 1.807) is 0 Å². The zero-order valence-corrected chi connectivity index (χ0v) is 18.9. The van der Waals surface area contributed by atoms with Crippen LogP contribution >= 0.6 is 35.7 Å². The van der Waals surface area contributed by atoms with Crippen molar-refractivity contribution in [3.8, 4) is 0 Å². The Morgan fingerprint density at radius 3 is 2.58 bits per heavy atom. The highest BCUT2D eigenvalue weighted by Crippen LogP contribution is 2.37. The number of guanidine groups is 1. The second-order valence-corrected chi connectivity index (χ2v) is 8.95. The maximum atomic E-state index is 4.86. The summed E-state index contributed by atoms with van der Waals surface area (Å²) in [5.41, 5.74) is 0. The molecule has 2 aliphatic rings. The van der Waals surface area contributed by atoms with Crippen molar-refractivity contribution in [2.75, 3.05) is 45.0 Å². The summed E-state index contributed by atoms with van der Waals surface area (Å²) in [6.07, 6.45) is 6.56. The average molecular weight is 468 g/mol. The van der Waals surface area contributed by atoms with Gasteiger partial charge in [-0.3, -0.25) is 4.99 Å². The third kappa shape index (κ3) is 7.68. The lowest BCUT2D eigenvalue weighted by atomic mass is 9.97. The molecule has 2 fully saturated rings. The van der Waals surface area contributed by atoms with Gasteiger partial charge in [-0.25, -0.2) is 0 Å². The van der Waals surface area contributed by atoms with Crippen molar-refractivity contribution < 1.29 is 0 Å². The topological polar surface area (TPSA) is 39.7 Å². The summed E-state index contributed by atoms with van der Waals surface area (Å²) in [6, 6.07) is 0. The summed E-state index contributed by atoms with van der Waals surface area (Å²) in [5.74, 6) is 3.10. The Kier molecular flexibility index (Phi) is 11.0. The number of nitrogens with zero attached hydrogens (tertiary/aromatic N) is 2. The fourth-order valence-electron chi connectivity index (χ4n) is 3.52. The van der Waals surface area contributed by atoms with E-state index in [1.165, 1.54) is 57.5 Å². The van der Waals surface area contributed by atoms with E-state index in [1.807, 2.05) is 0 Å². The van der Waals surface area contributed by atoms with E-state index < -0.39 is 0 Å². The Morgan fingerprint density at radius 2 is 2.00 bits per heavy atom. The predicted molar refractivity (Wildman–Crippen MR) is 119 cm³/mol. The second kappa shape index (κ2) is 11.8. The Labute approximate surface area is 170 Å². The molecule has 6 heteroatoms. The van der Waals surface area contributed by atoms with E-state index in [0.29, 0.717) is 4.75 Å². The zero-order valence-electron chi connectivity index (χ0n) is 15.8. The highest BCUT2D eigenvalue weighted by Gasteiger charge is 2.29. The van der Waals surface area contributed by atoms with E-state index in [9.17, 15) is 0 Å². The standard InChI is InChI=1S/C18H36N4S.HI/c1-4-10-22-11-7-16(8-12-22)14-20-17(19-5-2)21-15-18(3)9-6-13-23-18;/h16H,4-15H2,1-3H3,(H2,19,20,21);1H. The number of hydrogen-bond acceptors (Lipinski definition) is 3. The van der Waals surface area contributed by atoms with Crippen LogP contribution in [0.3, 0.4) is 0 Å². The highest BCUT2D eigenvalue weighted by atomic mass is 127. The minimum atomic E-state index is 0. The lowest BCUT2D eigenvalue weighted by Crippen LogP contribution is -2.43. The molecule has 0 radical (unpaired) electrons.